The minimum absolute atomic E-state index is 0.0880. The minimum Gasteiger partial charge on any atom is -0.469 e. The highest BCUT2D eigenvalue weighted by Crippen LogP contribution is 2.26. The van der Waals surface area contributed by atoms with E-state index in [0.29, 0.717) is 0 Å². The van der Waals surface area contributed by atoms with Gasteiger partial charge < -0.3 is 10.5 Å². The van der Waals surface area contributed by atoms with Gasteiger partial charge in [-0.25, -0.2) is 0 Å². The molecule has 1 aliphatic rings. The molecule has 0 unspecified atom stereocenters. The summed E-state index contributed by atoms with van der Waals surface area (Å²) in [5, 5.41) is 0. The Balaban J connectivity index is 2.23. The number of carbonyl (C=O) groups excluding carboxylic acids is 1. The summed E-state index contributed by atoms with van der Waals surface area (Å²) in [6, 6.07) is 0.231. The monoisotopic (exact) mass is 129 g/mol. The number of methoxy groups -OCH3 is 1. The van der Waals surface area contributed by atoms with Gasteiger partial charge in [0.1, 0.15) is 0 Å². The van der Waals surface area contributed by atoms with Crippen molar-refractivity contribution in [2.24, 2.45) is 11.7 Å². The van der Waals surface area contributed by atoms with Gasteiger partial charge in [0.2, 0.25) is 0 Å². The molecule has 0 aromatic heterocycles. The standard InChI is InChI=1S/C6H11NO2/c1-9-6(8)4-2-5(7)3-4/h4-5H,2-3,7H2,1H3/t4-,5+. The van der Waals surface area contributed by atoms with Crippen molar-refractivity contribution in [3.63, 3.8) is 0 Å². The van der Waals surface area contributed by atoms with Crippen LogP contribution < -0.4 is 5.73 Å². The molecule has 0 aromatic carbocycles. The summed E-state index contributed by atoms with van der Waals surface area (Å²) in [5.41, 5.74) is 5.45. The predicted octanol–water partition coefficient (Wildman–Crippen LogP) is -0.103. The summed E-state index contributed by atoms with van der Waals surface area (Å²) < 4.78 is 4.51. The van der Waals surface area contributed by atoms with Crippen molar-refractivity contribution in [1.82, 2.24) is 0 Å². The maximum Gasteiger partial charge on any atom is 0.308 e. The van der Waals surface area contributed by atoms with Gasteiger partial charge in [0.05, 0.1) is 13.0 Å². The molecule has 0 radical (unpaired) electrons. The van der Waals surface area contributed by atoms with Gasteiger partial charge in [0.15, 0.2) is 0 Å². The van der Waals surface area contributed by atoms with Crippen LogP contribution in [0.1, 0.15) is 12.8 Å². The van der Waals surface area contributed by atoms with E-state index in [-0.39, 0.29) is 17.9 Å². The van der Waals surface area contributed by atoms with Gasteiger partial charge in [0, 0.05) is 6.04 Å². The van der Waals surface area contributed by atoms with E-state index in [4.69, 9.17) is 5.73 Å². The Morgan fingerprint density at radius 3 is 2.56 bits per heavy atom. The topological polar surface area (TPSA) is 52.3 Å². The number of hydrogen-bond donors (Lipinski definition) is 1. The van der Waals surface area contributed by atoms with Crippen LogP contribution in [0.15, 0.2) is 0 Å². The SMILES string of the molecule is COC(=O)[C@H]1C[C@@H](N)C1. The van der Waals surface area contributed by atoms with Crippen LogP contribution in [-0.2, 0) is 9.53 Å². The third-order valence-corrected chi connectivity index (χ3v) is 1.71. The van der Waals surface area contributed by atoms with Gasteiger partial charge in [-0.05, 0) is 12.8 Å². The molecule has 1 fully saturated rings. The van der Waals surface area contributed by atoms with Crippen molar-refractivity contribution in [3.8, 4) is 0 Å². The number of esters is 1. The third kappa shape index (κ3) is 1.21. The van der Waals surface area contributed by atoms with E-state index < -0.39 is 0 Å². The molecule has 1 aliphatic carbocycles. The number of carbonyl (C=O) groups is 1. The normalized spacial score (nSPS) is 33.1. The largest absolute Gasteiger partial charge is 0.469 e. The summed E-state index contributed by atoms with van der Waals surface area (Å²) in [6.45, 7) is 0. The molecule has 3 nitrogen and oxygen atoms in total. The maximum atomic E-state index is 10.7. The molecule has 2 N–H and O–H groups in total. The van der Waals surface area contributed by atoms with E-state index in [9.17, 15) is 4.79 Å². The van der Waals surface area contributed by atoms with E-state index >= 15 is 0 Å². The zero-order valence-electron chi connectivity index (χ0n) is 5.46. The molecule has 0 bridgehead atoms. The Morgan fingerprint density at radius 2 is 2.22 bits per heavy atom. The van der Waals surface area contributed by atoms with Crippen LogP contribution in [-0.4, -0.2) is 19.1 Å². The van der Waals surface area contributed by atoms with Crippen LogP contribution in [0.2, 0.25) is 0 Å². The van der Waals surface area contributed by atoms with Crippen molar-refractivity contribution in [2.45, 2.75) is 18.9 Å². The fourth-order valence-electron chi connectivity index (χ4n) is 1.02. The van der Waals surface area contributed by atoms with Gasteiger partial charge >= 0.3 is 5.97 Å². The molecule has 52 valence electrons. The highest BCUT2D eigenvalue weighted by molar-refractivity contribution is 5.73. The van der Waals surface area contributed by atoms with Crippen molar-refractivity contribution in [2.75, 3.05) is 7.11 Å². The van der Waals surface area contributed by atoms with Crippen LogP contribution in [0.3, 0.4) is 0 Å². The van der Waals surface area contributed by atoms with Crippen LogP contribution in [0.25, 0.3) is 0 Å². The molecule has 0 amide bonds. The number of nitrogens with two attached hydrogens (primary N) is 1. The zero-order valence-corrected chi connectivity index (χ0v) is 5.46. The molecule has 9 heavy (non-hydrogen) atoms. The van der Waals surface area contributed by atoms with Crippen molar-refractivity contribution in [3.05, 3.63) is 0 Å². The van der Waals surface area contributed by atoms with Crippen LogP contribution >= 0.6 is 0 Å². The lowest BCUT2D eigenvalue weighted by Gasteiger charge is -2.29. The quantitative estimate of drug-likeness (QED) is 0.503. The van der Waals surface area contributed by atoms with E-state index in [1.54, 1.807) is 0 Å². The van der Waals surface area contributed by atoms with Crippen molar-refractivity contribution >= 4 is 5.97 Å². The Bertz CT molecular complexity index is 118. The number of rotatable bonds is 1. The molecule has 0 heterocycles. The predicted molar refractivity (Wildman–Crippen MR) is 32.7 cm³/mol. The zero-order chi connectivity index (χ0) is 6.85. The lowest BCUT2D eigenvalue weighted by atomic mass is 9.81. The lowest BCUT2D eigenvalue weighted by molar-refractivity contribution is -0.148. The smallest absolute Gasteiger partial charge is 0.308 e. The first-order valence-corrected chi connectivity index (χ1v) is 3.07. The van der Waals surface area contributed by atoms with Gasteiger partial charge in [-0.3, -0.25) is 4.79 Å². The summed E-state index contributed by atoms with van der Waals surface area (Å²) in [6.07, 6.45) is 1.60. The molecule has 0 spiro atoms. The Morgan fingerprint density at radius 1 is 1.67 bits per heavy atom. The summed E-state index contributed by atoms with van der Waals surface area (Å²) >= 11 is 0. The Labute approximate surface area is 54.2 Å². The molecule has 0 saturated heterocycles. The third-order valence-electron chi connectivity index (χ3n) is 1.71. The minimum atomic E-state index is -0.114. The van der Waals surface area contributed by atoms with Crippen LogP contribution in [0.4, 0.5) is 0 Å². The van der Waals surface area contributed by atoms with Crippen molar-refractivity contribution < 1.29 is 9.53 Å². The Hall–Kier alpha value is -0.570. The van der Waals surface area contributed by atoms with E-state index in [2.05, 4.69) is 4.74 Å². The van der Waals surface area contributed by atoms with Gasteiger partial charge in [-0.2, -0.15) is 0 Å². The molecular weight excluding hydrogens is 118 g/mol. The molecular formula is C6H11NO2. The first-order valence-electron chi connectivity index (χ1n) is 3.07. The maximum absolute atomic E-state index is 10.7. The van der Waals surface area contributed by atoms with Gasteiger partial charge in [0.25, 0.3) is 0 Å². The molecule has 3 heteroatoms. The lowest BCUT2D eigenvalue weighted by Crippen LogP contribution is -2.40. The molecule has 0 atom stereocenters. The number of ether oxygens (including phenoxy) is 1. The summed E-state index contributed by atoms with van der Waals surface area (Å²) in [7, 11) is 1.41. The second-order valence-electron chi connectivity index (χ2n) is 2.45. The first-order chi connectivity index (χ1) is 4.24. The van der Waals surface area contributed by atoms with E-state index in [1.165, 1.54) is 7.11 Å². The van der Waals surface area contributed by atoms with Crippen LogP contribution in [0, 0.1) is 5.92 Å². The van der Waals surface area contributed by atoms with Gasteiger partial charge in [-0.1, -0.05) is 0 Å². The fourth-order valence-corrected chi connectivity index (χ4v) is 1.02. The molecule has 1 saturated carbocycles. The fraction of sp³-hybridized carbons (Fsp3) is 0.833. The molecule has 0 aromatic rings. The first kappa shape index (κ1) is 6.55. The number of hydrogen-bond acceptors (Lipinski definition) is 3. The molecule has 1 rings (SSSR count). The second kappa shape index (κ2) is 2.35. The van der Waals surface area contributed by atoms with E-state index in [0.717, 1.165) is 12.8 Å². The van der Waals surface area contributed by atoms with Gasteiger partial charge in [-0.15, -0.1) is 0 Å². The summed E-state index contributed by atoms with van der Waals surface area (Å²) in [5.74, 6) is -0.0262. The average Bonchev–Trinajstić information content (AvgIpc) is 1.79. The highest BCUT2D eigenvalue weighted by atomic mass is 16.5. The van der Waals surface area contributed by atoms with E-state index in [1.807, 2.05) is 0 Å². The highest BCUT2D eigenvalue weighted by Gasteiger charge is 2.32. The van der Waals surface area contributed by atoms with Crippen LogP contribution in [0.5, 0.6) is 0 Å². The summed E-state index contributed by atoms with van der Waals surface area (Å²) in [4.78, 5) is 10.7. The second-order valence-corrected chi connectivity index (χ2v) is 2.45. The molecule has 0 aliphatic heterocycles. The average molecular weight is 129 g/mol. The Kier molecular flexibility index (Phi) is 1.71. The van der Waals surface area contributed by atoms with Crippen molar-refractivity contribution in [1.29, 1.82) is 0 Å².